The molecule has 1 saturated heterocycles. The minimum Gasteiger partial charge on any atom is -0.444 e. The number of ketones is 1. The second-order valence-corrected chi connectivity index (χ2v) is 6.73. The van der Waals surface area contributed by atoms with Crippen LogP contribution in [0.25, 0.3) is 0 Å². The van der Waals surface area contributed by atoms with Gasteiger partial charge >= 0.3 is 6.09 Å². The summed E-state index contributed by atoms with van der Waals surface area (Å²) >= 11 is 0. The Morgan fingerprint density at radius 1 is 1.26 bits per heavy atom. The van der Waals surface area contributed by atoms with Gasteiger partial charge in [-0.3, -0.25) is 4.79 Å². The lowest BCUT2D eigenvalue weighted by Gasteiger charge is -2.33. The molecule has 1 aliphatic rings. The molecule has 1 heterocycles. The third kappa shape index (κ3) is 4.27. The maximum atomic E-state index is 13.8. The van der Waals surface area contributed by atoms with Crippen LogP contribution in [0.4, 0.5) is 13.6 Å². The SMILES string of the molecule is CC(C)(C)OC(=O)N1CCCC(C(=O)c2cccc(F)c2F)C1. The van der Waals surface area contributed by atoms with Crippen LogP contribution in [0.5, 0.6) is 0 Å². The minimum absolute atomic E-state index is 0.156. The fourth-order valence-corrected chi connectivity index (χ4v) is 2.60. The zero-order valence-corrected chi connectivity index (χ0v) is 13.6. The third-order valence-electron chi connectivity index (χ3n) is 3.66. The van der Waals surface area contributed by atoms with Crippen LogP contribution < -0.4 is 0 Å². The first-order chi connectivity index (χ1) is 10.7. The molecule has 2 rings (SSSR count). The van der Waals surface area contributed by atoms with Gasteiger partial charge in [0.05, 0.1) is 5.56 Å². The summed E-state index contributed by atoms with van der Waals surface area (Å²) in [6, 6.07) is 3.55. The van der Waals surface area contributed by atoms with Crippen molar-refractivity contribution in [2.45, 2.75) is 39.2 Å². The highest BCUT2D eigenvalue weighted by Crippen LogP contribution is 2.24. The molecule has 1 unspecified atom stereocenters. The zero-order valence-electron chi connectivity index (χ0n) is 13.6. The van der Waals surface area contributed by atoms with E-state index in [1.807, 2.05) is 0 Å². The van der Waals surface area contributed by atoms with E-state index in [1.165, 1.54) is 17.0 Å². The molecule has 4 nitrogen and oxygen atoms in total. The molecule has 23 heavy (non-hydrogen) atoms. The second-order valence-electron chi connectivity index (χ2n) is 6.73. The molecule has 0 aliphatic carbocycles. The topological polar surface area (TPSA) is 46.6 Å². The first kappa shape index (κ1) is 17.4. The number of Topliss-reactive ketones (excluding diaryl/α,β-unsaturated/α-hetero) is 1. The lowest BCUT2D eigenvalue weighted by molar-refractivity contribution is 0.0171. The molecule has 1 aliphatic heterocycles. The molecule has 0 N–H and O–H groups in total. The first-order valence-corrected chi connectivity index (χ1v) is 7.65. The quantitative estimate of drug-likeness (QED) is 0.777. The molecule has 1 amide bonds. The lowest BCUT2D eigenvalue weighted by Crippen LogP contribution is -2.44. The van der Waals surface area contributed by atoms with Crippen LogP contribution in [0.3, 0.4) is 0 Å². The van der Waals surface area contributed by atoms with E-state index in [0.717, 1.165) is 6.07 Å². The van der Waals surface area contributed by atoms with Crippen LogP contribution >= 0.6 is 0 Å². The van der Waals surface area contributed by atoms with Crippen molar-refractivity contribution in [1.82, 2.24) is 4.90 Å². The Kier molecular flexibility index (Phi) is 5.02. The van der Waals surface area contributed by atoms with Crippen LogP contribution in [0, 0.1) is 17.6 Å². The van der Waals surface area contributed by atoms with Crippen molar-refractivity contribution < 1.29 is 23.1 Å². The predicted molar refractivity (Wildman–Crippen MR) is 81.2 cm³/mol. The Balaban J connectivity index is 2.10. The van der Waals surface area contributed by atoms with Gasteiger partial charge in [0.25, 0.3) is 0 Å². The maximum Gasteiger partial charge on any atom is 0.410 e. The van der Waals surface area contributed by atoms with Crippen LogP contribution in [0.2, 0.25) is 0 Å². The number of amides is 1. The van der Waals surface area contributed by atoms with Crippen LogP contribution in [-0.2, 0) is 4.74 Å². The second kappa shape index (κ2) is 6.64. The summed E-state index contributed by atoms with van der Waals surface area (Å²) in [4.78, 5) is 26.0. The fourth-order valence-electron chi connectivity index (χ4n) is 2.60. The van der Waals surface area contributed by atoms with Crippen molar-refractivity contribution in [3.8, 4) is 0 Å². The molecule has 6 heteroatoms. The van der Waals surface area contributed by atoms with Crippen molar-refractivity contribution >= 4 is 11.9 Å². The Labute approximate surface area is 134 Å². The Morgan fingerprint density at radius 3 is 2.61 bits per heavy atom. The first-order valence-electron chi connectivity index (χ1n) is 7.65. The third-order valence-corrected chi connectivity index (χ3v) is 3.66. The number of carbonyl (C=O) groups is 2. The number of halogens is 2. The van der Waals surface area contributed by atoms with Gasteiger partial charge in [0, 0.05) is 19.0 Å². The van der Waals surface area contributed by atoms with E-state index < -0.39 is 35.0 Å². The molecule has 1 fully saturated rings. The van der Waals surface area contributed by atoms with Gasteiger partial charge < -0.3 is 9.64 Å². The highest BCUT2D eigenvalue weighted by atomic mass is 19.2. The molecular formula is C17H21F2NO3. The Hall–Kier alpha value is -1.98. The number of likely N-dealkylation sites (tertiary alicyclic amines) is 1. The average Bonchev–Trinajstić information content (AvgIpc) is 2.48. The van der Waals surface area contributed by atoms with Crippen LogP contribution in [0.15, 0.2) is 18.2 Å². The summed E-state index contributed by atoms with van der Waals surface area (Å²) in [5.74, 6) is -3.20. The average molecular weight is 325 g/mol. The van der Waals surface area contributed by atoms with Gasteiger partial charge in [-0.05, 0) is 45.7 Å². The van der Waals surface area contributed by atoms with Gasteiger partial charge in [0.2, 0.25) is 0 Å². The molecule has 0 spiro atoms. The zero-order chi connectivity index (χ0) is 17.2. The summed E-state index contributed by atoms with van der Waals surface area (Å²) in [5, 5.41) is 0. The number of piperidine rings is 1. The molecule has 1 aromatic rings. The molecular weight excluding hydrogens is 304 g/mol. The van der Waals surface area contributed by atoms with Gasteiger partial charge in [0.15, 0.2) is 17.4 Å². The summed E-state index contributed by atoms with van der Waals surface area (Å²) in [6.07, 6.45) is 0.662. The molecule has 0 saturated carbocycles. The highest BCUT2D eigenvalue weighted by molar-refractivity contribution is 5.98. The predicted octanol–water partition coefficient (Wildman–Crippen LogP) is 3.79. The lowest BCUT2D eigenvalue weighted by atomic mass is 9.90. The monoisotopic (exact) mass is 325 g/mol. The highest BCUT2D eigenvalue weighted by Gasteiger charge is 2.32. The van der Waals surface area contributed by atoms with Gasteiger partial charge in [-0.25, -0.2) is 13.6 Å². The van der Waals surface area contributed by atoms with Crippen molar-refractivity contribution in [3.05, 3.63) is 35.4 Å². The van der Waals surface area contributed by atoms with E-state index in [-0.39, 0.29) is 12.1 Å². The number of ether oxygens (including phenoxy) is 1. The van der Waals surface area contributed by atoms with Crippen molar-refractivity contribution in [3.63, 3.8) is 0 Å². The van der Waals surface area contributed by atoms with E-state index >= 15 is 0 Å². The minimum atomic E-state index is -1.13. The Bertz CT molecular complexity index is 610. The smallest absolute Gasteiger partial charge is 0.410 e. The molecule has 0 bridgehead atoms. The number of carbonyl (C=O) groups excluding carboxylic acids is 2. The van der Waals surface area contributed by atoms with E-state index in [2.05, 4.69) is 0 Å². The fraction of sp³-hybridized carbons (Fsp3) is 0.529. The molecule has 0 radical (unpaired) electrons. The summed E-state index contributed by atoms with van der Waals surface area (Å²) in [7, 11) is 0. The normalized spacial score (nSPS) is 18.7. The number of hydrogen-bond donors (Lipinski definition) is 0. The number of hydrogen-bond acceptors (Lipinski definition) is 3. The maximum absolute atomic E-state index is 13.8. The van der Waals surface area contributed by atoms with E-state index in [0.29, 0.717) is 19.4 Å². The Morgan fingerprint density at radius 2 is 1.96 bits per heavy atom. The van der Waals surface area contributed by atoms with Gasteiger partial charge in [-0.1, -0.05) is 6.07 Å². The summed E-state index contributed by atoms with van der Waals surface area (Å²) < 4.78 is 32.4. The molecule has 1 aromatic carbocycles. The largest absolute Gasteiger partial charge is 0.444 e. The van der Waals surface area contributed by atoms with Gasteiger partial charge in [0.1, 0.15) is 5.60 Å². The molecule has 126 valence electrons. The number of benzene rings is 1. The van der Waals surface area contributed by atoms with Crippen molar-refractivity contribution in [2.75, 3.05) is 13.1 Å². The van der Waals surface area contributed by atoms with E-state index in [4.69, 9.17) is 4.74 Å². The van der Waals surface area contributed by atoms with Gasteiger partial charge in [-0.2, -0.15) is 0 Å². The van der Waals surface area contributed by atoms with Crippen molar-refractivity contribution in [2.24, 2.45) is 5.92 Å². The van der Waals surface area contributed by atoms with E-state index in [1.54, 1.807) is 20.8 Å². The number of rotatable bonds is 2. The standard InChI is InChI=1S/C17H21F2NO3/c1-17(2,3)23-16(22)20-9-5-6-11(10-20)15(21)12-7-4-8-13(18)14(12)19/h4,7-8,11H,5-6,9-10H2,1-3H3. The summed E-state index contributed by atoms with van der Waals surface area (Å²) in [6.45, 7) is 5.94. The van der Waals surface area contributed by atoms with Crippen molar-refractivity contribution in [1.29, 1.82) is 0 Å². The van der Waals surface area contributed by atoms with Crippen LogP contribution in [0.1, 0.15) is 44.0 Å². The molecule has 0 aromatic heterocycles. The molecule has 1 atom stereocenters. The van der Waals surface area contributed by atoms with E-state index in [9.17, 15) is 18.4 Å². The number of nitrogens with zero attached hydrogens (tertiary/aromatic N) is 1. The summed E-state index contributed by atoms with van der Waals surface area (Å²) in [5.41, 5.74) is -0.885. The van der Waals surface area contributed by atoms with Crippen LogP contribution in [-0.4, -0.2) is 35.5 Å². The van der Waals surface area contributed by atoms with Gasteiger partial charge in [-0.15, -0.1) is 0 Å².